The maximum atomic E-state index is 12.4. The Labute approximate surface area is 150 Å². The monoisotopic (exact) mass is 345 g/mol. The highest BCUT2D eigenvalue weighted by atomic mass is 16.3. The van der Waals surface area contributed by atoms with Crippen molar-refractivity contribution in [1.82, 2.24) is 10.6 Å². The summed E-state index contributed by atoms with van der Waals surface area (Å²) < 4.78 is 0. The van der Waals surface area contributed by atoms with Gasteiger partial charge in [0.05, 0.1) is 11.5 Å². The molecule has 2 unspecified atom stereocenters. The number of aliphatic hydroxyl groups is 1. The highest BCUT2D eigenvalue weighted by molar-refractivity contribution is 5.79. The van der Waals surface area contributed by atoms with Crippen molar-refractivity contribution in [2.24, 2.45) is 5.92 Å². The second-order valence-electron chi connectivity index (χ2n) is 7.45. The topological polar surface area (TPSA) is 64.6 Å². The summed E-state index contributed by atoms with van der Waals surface area (Å²) in [4.78, 5) is 14.7. The predicted molar refractivity (Wildman–Crippen MR) is 101 cm³/mol. The lowest BCUT2D eigenvalue weighted by atomic mass is 9.88. The Morgan fingerprint density at radius 2 is 2.04 bits per heavy atom. The van der Waals surface area contributed by atoms with Crippen LogP contribution in [0.4, 0.5) is 5.69 Å². The van der Waals surface area contributed by atoms with Gasteiger partial charge in [-0.1, -0.05) is 25.1 Å². The largest absolute Gasteiger partial charge is 0.390 e. The van der Waals surface area contributed by atoms with E-state index in [2.05, 4.69) is 34.6 Å². The molecule has 2 saturated heterocycles. The molecule has 1 aromatic rings. The first-order valence-electron chi connectivity index (χ1n) is 9.65. The molecule has 25 heavy (non-hydrogen) atoms. The summed E-state index contributed by atoms with van der Waals surface area (Å²) in [6, 6.07) is 10.7. The van der Waals surface area contributed by atoms with Crippen LogP contribution < -0.4 is 15.5 Å². The number of anilines is 1. The van der Waals surface area contributed by atoms with Crippen LogP contribution in [0, 0.1) is 5.92 Å². The lowest BCUT2D eigenvalue weighted by molar-refractivity contribution is -0.125. The van der Waals surface area contributed by atoms with E-state index in [1.165, 1.54) is 5.69 Å². The number of nitrogens with one attached hydrogen (secondary N) is 2. The summed E-state index contributed by atoms with van der Waals surface area (Å²) in [6.07, 6.45) is 4.04. The summed E-state index contributed by atoms with van der Waals surface area (Å²) >= 11 is 0. The lowest BCUT2D eigenvalue weighted by Gasteiger charge is -2.39. The van der Waals surface area contributed by atoms with Crippen LogP contribution in [0.25, 0.3) is 0 Å². The summed E-state index contributed by atoms with van der Waals surface area (Å²) in [5, 5.41) is 17.3. The van der Waals surface area contributed by atoms with E-state index in [-0.39, 0.29) is 11.8 Å². The first-order chi connectivity index (χ1) is 12.1. The number of piperidine rings is 1. The Morgan fingerprint density at radius 3 is 2.72 bits per heavy atom. The van der Waals surface area contributed by atoms with Gasteiger partial charge in [0.15, 0.2) is 0 Å². The molecule has 5 nitrogen and oxygen atoms in total. The van der Waals surface area contributed by atoms with E-state index < -0.39 is 5.60 Å². The minimum absolute atomic E-state index is 0.0829. The molecule has 0 aromatic heterocycles. The van der Waals surface area contributed by atoms with Crippen molar-refractivity contribution in [3.63, 3.8) is 0 Å². The van der Waals surface area contributed by atoms with Crippen molar-refractivity contribution in [1.29, 1.82) is 0 Å². The fraction of sp³-hybridized carbons (Fsp3) is 0.650. The number of carbonyl (C=O) groups is 1. The molecule has 1 aromatic carbocycles. The number of nitrogens with zero attached hydrogens (tertiary/aromatic N) is 1. The normalized spacial score (nSPS) is 25.8. The van der Waals surface area contributed by atoms with Gasteiger partial charge in [0.25, 0.3) is 0 Å². The van der Waals surface area contributed by atoms with Crippen LogP contribution in [0.5, 0.6) is 0 Å². The summed E-state index contributed by atoms with van der Waals surface area (Å²) in [5.41, 5.74) is 0.564. The Morgan fingerprint density at radius 1 is 1.32 bits per heavy atom. The van der Waals surface area contributed by atoms with Gasteiger partial charge in [0.2, 0.25) is 5.91 Å². The highest BCUT2D eigenvalue weighted by Crippen LogP contribution is 2.28. The Balaban J connectivity index is 1.42. The van der Waals surface area contributed by atoms with Gasteiger partial charge in [-0.05, 0) is 50.8 Å². The molecule has 2 atom stereocenters. The number of para-hydroxylation sites is 1. The number of amides is 1. The van der Waals surface area contributed by atoms with Gasteiger partial charge in [-0.3, -0.25) is 4.79 Å². The maximum Gasteiger partial charge on any atom is 0.224 e. The molecule has 0 radical (unpaired) electrons. The van der Waals surface area contributed by atoms with Gasteiger partial charge in [0, 0.05) is 31.4 Å². The number of rotatable bonds is 6. The van der Waals surface area contributed by atoms with Crippen LogP contribution in [0.1, 0.15) is 39.0 Å². The van der Waals surface area contributed by atoms with E-state index in [4.69, 9.17) is 0 Å². The zero-order chi connectivity index (χ0) is 17.7. The van der Waals surface area contributed by atoms with E-state index in [0.29, 0.717) is 19.0 Å². The molecular formula is C20H31N3O2. The van der Waals surface area contributed by atoms with Gasteiger partial charge in [0.1, 0.15) is 0 Å². The van der Waals surface area contributed by atoms with Crippen molar-refractivity contribution in [2.75, 3.05) is 31.1 Å². The first-order valence-corrected chi connectivity index (χ1v) is 9.65. The maximum absolute atomic E-state index is 12.4. The smallest absolute Gasteiger partial charge is 0.224 e. The van der Waals surface area contributed by atoms with Crippen LogP contribution in [0.2, 0.25) is 0 Å². The van der Waals surface area contributed by atoms with Crippen LogP contribution in [0.3, 0.4) is 0 Å². The number of benzene rings is 1. The molecule has 2 heterocycles. The summed E-state index contributed by atoms with van der Waals surface area (Å²) in [7, 11) is 0. The third kappa shape index (κ3) is 4.53. The number of hydrogen-bond acceptors (Lipinski definition) is 4. The van der Waals surface area contributed by atoms with Crippen molar-refractivity contribution in [3.05, 3.63) is 30.3 Å². The van der Waals surface area contributed by atoms with Crippen molar-refractivity contribution in [2.45, 2.75) is 50.7 Å². The fourth-order valence-corrected chi connectivity index (χ4v) is 4.13. The minimum Gasteiger partial charge on any atom is -0.390 e. The van der Waals surface area contributed by atoms with Gasteiger partial charge < -0.3 is 20.6 Å². The van der Waals surface area contributed by atoms with Crippen molar-refractivity contribution < 1.29 is 9.90 Å². The van der Waals surface area contributed by atoms with Crippen LogP contribution in [-0.4, -0.2) is 48.8 Å². The Hall–Kier alpha value is -1.59. The SMILES string of the molecule is CCC1NCCC1C(=O)NCCC1(O)CCN(c2ccccc2)CC1. The average Bonchev–Trinajstić information content (AvgIpc) is 3.12. The second-order valence-corrected chi connectivity index (χ2v) is 7.45. The van der Waals surface area contributed by atoms with Gasteiger partial charge >= 0.3 is 0 Å². The molecule has 0 spiro atoms. The standard InChI is InChI=1S/C20H31N3O2/c1-2-18-17(8-12-21-18)19(24)22-13-9-20(25)10-14-23(15-11-20)16-6-4-3-5-7-16/h3-7,17-18,21,25H,2,8-15H2,1H3,(H,22,24). The highest BCUT2D eigenvalue weighted by Gasteiger charge is 2.34. The number of carbonyl (C=O) groups excluding carboxylic acids is 1. The zero-order valence-electron chi connectivity index (χ0n) is 15.2. The molecule has 2 aliphatic heterocycles. The molecule has 0 saturated carbocycles. The van der Waals surface area contributed by atoms with Gasteiger partial charge in [-0.15, -0.1) is 0 Å². The van der Waals surface area contributed by atoms with Crippen LogP contribution in [-0.2, 0) is 4.79 Å². The molecule has 1 amide bonds. The fourth-order valence-electron chi connectivity index (χ4n) is 4.13. The predicted octanol–water partition coefficient (Wildman–Crippen LogP) is 1.91. The lowest BCUT2D eigenvalue weighted by Crippen LogP contribution is -2.47. The molecule has 2 aliphatic rings. The average molecular weight is 345 g/mol. The minimum atomic E-state index is -0.656. The first kappa shape index (κ1) is 18.2. The Kier molecular flexibility index (Phi) is 5.97. The van der Waals surface area contributed by atoms with E-state index in [1.54, 1.807) is 0 Å². The van der Waals surface area contributed by atoms with Gasteiger partial charge in [-0.25, -0.2) is 0 Å². The molecule has 5 heteroatoms. The molecule has 2 fully saturated rings. The molecule has 138 valence electrons. The zero-order valence-corrected chi connectivity index (χ0v) is 15.2. The van der Waals surface area contributed by atoms with Crippen molar-refractivity contribution in [3.8, 4) is 0 Å². The third-order valence-electron chi connectivity index (χ3n) is 5.83. The summed E-state index contributed by atoms with van der Waals surface area (Å²) in [6.45, 7) is 5.33. The molecule has 3 rings (SSSR count). The molecule has 0 bridgehead atoms. The van der Waals surface area contributed by atoms with E-state index in [1.807, 2.05) is 18.2 Å². The third-order valence-corrected chi connectivity index (χ3v) is 5.83. The van der Waals surface area contributed by atoms with E-state index in [9.17, 15) is 9.90 Å². The molecule has 0 aliphatic carbocycles. The molecule has 3 N–H and O–H groups in total. The quantitative estimate of drug-likeness (QED) is 0.737. The summed E-state index contributed by atoms with van der Waals surface area (Å²) in [5.74, 6) is 0.224. The van der Waals surface area contributed by atoms with Gasteiger partial charge in [-0.2, -0.15) is 0 Å². The van der Waals surface area contributed by atoms with E-state index in [0.717, 1.165) is 45.3 Å². The Bertz CT molecular complexity index is 555. The number of hydrogen-bond donors (Lipinski definition) is 3. The van der Waals surface area contributed by atoms with Crippen LogP contribution in [0.15, 0.2) is 30.3 Å². The van der Waals surface area contributed by atoms with E-state index >= 15 is 0 Å². The second kappa shape index (κ2) is 8.19. The molecular weight excluding hydrogens is 314 g/mol. The van der Waals surface area contributed by atoms with Crippen molar-refractivity contribution >= 4 is 11.6 Å². The van der Waals surface area contributed by atoms with Crippen LogP contribution >= 0.6 is 0 Å².